The van der Waals surface area contributed by atoms with Crippen LogP contribution in [0.3, 0.4) is 0 Å². The molecule has 0 heterocycles. The second kappa shape index (κ2) is 65.4. The van der Waals surface area contributed by atoms with Crippen LogP contribution >= 0.6 is 0 Å². The van der Waals surface area contributed by atoms with Gasteiger partial charge in [0.2, 0.25) is 0 Å². The van der Waals surface area contributed by atoms with Gasteiger partial charge in [0.15, 0.2) is 6.10 Å². The fourth-order valence-corrected chi connectivity index (χ4v) is 9.70. The third kappa shape index (κ3) is 63.6. The van der Waals surface area contributed by atoms with Crippen LogP contribution in [-0.4, -0.2) is 37.2 Å². The minimum Gasteiger partial charge on any atom is -0.462 e. The van der Waals surface area contributed by atoms with Crippen molar-refractivity contribution in [3.63, 3.8) is 0 Å². The summed E-state index contributed by atoms with van der Waals surface area (Å²) in [4.78, 5) is 38.4. The molecule has 0 aromatic heterocycles. The van der Waals surface area contributed by atoms with Gasteiger partial charge >= 0.3 is 17.9 Å². The monoisotopic (exact) mass is 1070 g/mol. The fraction of sp³-hybridized carbons (Fsp3) is 0.789. The lowest BCUT2D eigenvalue weighted by molar-refractivity contribution is -0.167. The van der Waals surface area contributed by atoms with Crippen molar-refractivity contribution in [3.05, 3.63) is 72.9 Å². The van der Waals surface area contributed by atoms with E-state index in [0.29, 0.717) is 19.3 Å². The number of carbonyl (C=O) groups excluding carboxylic acids is 3. The molecule has 446 valence electrons. The van der Waals surface area contributed by atoms with Crippen LogP contribution in [0, 0.1) is 0 Å². The first-order valence-corrected chi connectivity index (χ1v) is 33.4. The zero-order chi connectivity index (χ0) is 55.7. The maximum atomic E-state index is 12.9. The molecule has 6 heteroatoms. The molecule has 1 unspecified atom stereocenters. The quantitative estimate of drug-likeness (QED) is 0.0261. The van der Waals surface area contributed by atoms with E-state index in [1.54, 1.807) is 0 Å². The van der Waals surface area contributed by atoms with Gasteiger partial charge in [-0.2, -0.15) is 0 Å². The highest BCUT2D eigenvalue weighted by Crippen LogP contribution is 2.17. The Morgan fingerprint density at radius 1 is 0.273 bits per heavy atom. The fourth-order valence-electron chi connectivity index (χ4n) is 9.70. The summed E-state index contributed by atoms with van der Waals surface area (Å²) in [5, 5.41) is 0. The Hall–Kier alpha value is -3.15. The number of esters is 3. The van der Waals surface area contributed by atoms with Crippen LogP contribution in [0.2, 0.25) is 0 Å². The molecule has 0 rings (SSSR count). The summed E-state index contributed by atoms with van der Waals surface area (Å²) in [6.07, 6.45) is 84.8. The molecule has 0 aromatic rings. The summed E-state index contributed by atoms with van der Waals surface area (Å²) < 4.78 is 17.0. The topological polar surface area (TPSA) is 78.9 Å². The van der Waals surface area contributed by atoms with Gasteiger partial charge in [-0.1, -0.05) is 306 Å². The van der Waals surface area contributed by atoms with Gasteiger partial charge in [-0.05, 0) is 89.9 Å². The van der Waals surface area contributed by atoms with Gasteiger partial charge in [0, 0.05) is 19.3 Å². The molecule has 0 fully saturated rings. The Bertz CT molecular complexity index is 1420. The molecule has 1 atom stereocenters. The maximum absolute atomic E-state index is 12.9. The lowest BCUT2D eigenvalue weighted by atomic mass is 10.0. The number of unbranched alkanes of at least 4 members (excludes halogenated alkanes) is 38. The first-order chi connectivity index (χ1) is 38.0. The van der Waals surface area contributed by atoms with E-state index < -0.39 is 6.10 Å². The van der Waals surface area contributed by atoms with E-state index in [-0.39, 0.29) is 31.1 Å². The van der Waals surface area contributed by atoms with Gasteiger partial charge in [0.1, 0.15) is 13.2 Å². The molecule has 6 nitrogen and oxygen atoms in total. The number of allylic oxidation sites excluding steroid dienone is 12. The lowest BCUT2D eigenvalue weighted by Crippen LogP contribution is -2.30. The highest BCUT2D eigenvalue weighted by Gasteiger charge is 2.19. The molecule has 0 aliphatic rings. The summed E-state index contributed by atoms with van der Waals surface area (Å²) in [6.45, 7) is 6.56. The minimum absolute atomic E-state index is 0.0790. The molecule has 0 saturated carbocycles. The van der Waals surface area contributed by atoms with Crippen molar-refractivity contribution >= 4 is 17.9 Å². The van der Waals surface area contributed by atoms with E-state index in [9.17, 15) is 14.4 Å². The summed E-state index contributed by atoms with van der Waals surface area (Å²) in [5.41, 5.74) is 0. The number of rotatable bonds is 61. The Kier molecular flexibility index (Phi) is 62.7. The highest BCUT2D eigenvalue weighted by atomic mass is 16.6. The molecule has 0 aliphatic heterocycles. The van der Waals surface area contributed by atoms with E-state index in [2.05, 4.69) is 93.7 Å². The van der Waals surface area contributed by atoms with Crippen molar-refractivity contribution in [2.45, 2.75) is 348 Å². The molecular weight excluding hydrogens is 949 g/mol. The van der Waals surface area contributed by atoms with Crippen molar-refractivity contribution in [3.8, 4) is 0 Å². The van der Waals surface area contributed by atoms with Crippen LogP contribution in [-0.2, 0) is 28.6 Å². The zero-order valence-corrected chi connectivity index (χ0v) is 51.2. The van der Waals surface area contributed by atoms with Crippen molar-refractivity contribution in [2.24, 2.45) is 0 Å². The third-order valence-electron chi connectivity index (χ3n) is 14.7. The van der Waals surface area contributed by atoms with Crippen LogP contribution in [0.5, 0.6) is 0 Å². The normalized spacial score (nSPS) is 12.5. The number of carbonyl (C=O) groups is 3. The van der Waals surface area contributed by atoms with Gasteiger partial charge in [-0.3, -0.25) is 14.4 Å². The third-order valence-corrected chi connectivity index (χ3v) is 14.7. The van der Waals surface area contributed by atoms with E-state index in [1.165, 1.54) is 193 Å². The molecule has 0 aliphatic carbocycles. The molecule has 0 N–H and O–H groups in total. The average molecular weight is 1080 g/mol. The van der Waals surface area contributed by atoms with Crippen LogP contribution in [0.4, 0.5) is 0 Å². The molecule has 0 bridgehead atoms. The molecular formula is C71H126O6. The van der Waals surface area contributed by atoms with Gasteiger partial charge < -0.3 is 14.2 Å². The van der Waals surface area contributed by atoms with Gasteiger partial charge in [0.25, 0.3) is 0 Å². The summed E-state index contributed by atoms with van der Waals surface area (Å²) >= 11 is 0. The van der Waals surface area contributed by atoms with Crippen LogP contribution in [0.15, 0.2) is 72.9 Å². The van der Waals surface area contributed by atoms with E-state index in [1.807, 2.05) is 0 Å². The Morgan fingerprint density at radius 3 is 0.805 bits per heavy atom. The largest absolute Gasteiger partial charge is 0.462 e. The zero-order valence-electron chi connectivity index (χ0n) is 51.2. The van der Waals surface area contributed by atoms with Crippen molar-refractivity contribution < 1.29 is 28.6 Å². The van der Waals surface area contributed by atoms with Crippen LogP contribution < -0.4 is 0 Å². The van der Waals surface area contributed by atoms with Crippen molar-refractivity contribution in [1.29, 1.82) is 0 Å². The van der Waals surface area contributed by atoms with E-state index >= 15 is 0 Å². The summed E-state index contributed by atoms with van der Waals surface area (Å²) in [7, 11) is 0. The lowest BCUT2D eigenvalue weighted by Gasteiger charge is -2.18. The first kappa shape index (κ1) is 73.8. The maximum Gasteiger partial charge on any atom is 0.306 e. The number of hydrogen-bond acceptors (Lipinski definition) is 6. The molecule has 77 heavy (non-hydrogen) atoms. The van der Waals surface area contributed by atoms with Crippen LogP contribution in [0.1, 0.15) is 342 Å². The molecule has 0 amide bonds. The standard InChI is InChI=1S/C71H126O6/c1-4-7-10-13-16-19-22-25-28-31-34-35-38-40-43-46-49-52-55-58-61-64-70(73)76-67-68(77-71(74)65-62-59-56-53-50-47-44-41-37-33-30-27-24-21-18-15-12-9-6-3)66-75-69(72)63-60-57-54-51-48-45-42-39-36-32-29-26-23-20-17-14-11-8-5-2/h7,10,16,19,25,27-28,30,34-35,40,43,68H,4-6,8-9,11-15,17-18,20-24,26,29,31-33,36-39,41-42,44-67H2,1-3H3/b10-7-,19-16-,28-25-,30-27-,35-34-,43-40-. The minimum atomic E-state index is -0.785. The Labute approximate surface area is 478 Å². The molecule has 0 saturated heterocycles. The van der Waals surface area contributed by atoms with Crippen LogP contribution in [0.25, 0.3) is 0 Å². The summed E-state index contributed by atoms with van der Waals surface area (Å²) in [5.74, 6) is -0.881. The Balaban J connectivity index is 4.39. The van der Waals surface area contributed by atoms with Gasteiger partial charge in [-0.15, -0.1) is 0 Å². The summed E-state index contributed by atoms with van der Waals surface area (Å²) in [6, 6.07) is 0. The molecule has 0 radical (unpaired) electrons. The van der Waals surface area contributed by atoms with Gasteiger partial charge in [-0.25, -0.2) is 0 Å². The first-order valence-electron chi connectivity index (χ1n) is 33.4. The second-order valence-electron chi connectivity index (χ2n) is 22.4. The SMILES string of the molecule is CC/C=C\C/C=C\C/C=C\C/C=C\C/C=C\CCCCCCCC(=O)OCC(COC(=O)CCCCCCCCCCCCCCCCCCCCC)OC(=O)CCCCCCCCCCC/C=C\CCCCCCCC. The molecule has 0 aromatic carbocycles. The highest BCUT2D eigenvalue weighted by molar-refractivity contribution is 5.71. The predicted octanol–water partition coefficient (Wildman–Crippen LogP) is 22.9. The van der Waals surface area contributed by atoms with Crippen molar-refractivity contribution in [1.82, 2.24) is 0 Å². The Morgan fingerprint density at radius 2 is 0.506 bits per heavy atom. The molecule has 0 spiro atoms. The second-order valence-corrected chi connectivity index (χ2v) is 22.4. The van der Waals surface area contributed by atoms with E-state index in [0.717, 1.165) is 109 Å². The predicted molar refractivity (Wildman–Crippen MR) is 335 cm³/mol. The smallest absolute Gasteiger partial charge is 0.306 e. The average Bonchev–Trinajstić information content (AvgIpc) is 3.43. The van der Waals surface area contributed by atoms with Gasteiger partial charge in [0.05, 0.1) is 0 Å². The van der Waals surface area contributed by atoms with E-state index in [4.69, 9.17) is 14.2 Å². The van der Waals surface area contributed by atoms with Crippen molar-refractivity contribution in [2.75, 3.05) is 13.2 Å². The number of ether oxygens (including phenoxy) is 3. The number of hydrogen-bond donors (Lipinski definition) is 0.